The molecular weight excluding hydrogens is 477 g/mol. The van der Waals surface area contributed by atoms with E-state index in [1.807, 2.05) is 0 Å². The van der Waals surface area contributed by atoms with Crippen LogP contribution >= 0.6 is 0 Å². The van der Waals surface area contributed by atoms with Crippen LogP contribution in [0.15, 0.2) is 0 Å². The van der Waals surface area contributed by atoms with Crippen molar-refractivity contribution in [3.63, 3.8) is 0 Å². The van der Waals surface area contributed by atoms with Crippen LogP contribution in [-0.2, 0) is 14.4 Å². The SMILES string of the molecule is O=C(O)CN1CC[N-]CCN(CC(=O)O)CCN(CC(=O)O)CC1.[Gd]. The van der Waals surface area contributed by atoms with Crippen LogP contribution in [0.2, 0.25) is 0 Å². The van der Waals surface area contributed by atoms with E-state index >= 15 is 0 Å². The number of rotatable bonds is 6. The Kier molecular flexibility index (Phi) is 13.5. The van der Waals surface area contributed by atoms with Gasteiger partial charge in [-0.05, 0) is 13.1 Å². The minimum absolute atomic E-state index is 0. The summed E-state index contributed by atoms with van der Waals surface area (Å²) in [6, 6.07) is 0. The van der Waals surface area contributed by atoms with Crippen LogP contribution in [0.4, 0.5) is 0 Å². The molecule has 10 nitrogen and oxygen atoms in total. The van der Waals surface area contributed by atoms with Crippen LogP contribution in [0, 0.1) is 39.9 Å². The molecule has 0 aromatic rings. The molecule has 1 heterocycles. The van der Waals surface area contributed by atoms with Gasteiger partial charge in [-0.1, -0.05) is 0 Å². The molecular formula is C14H25GdN4O6-. The van der Waals surface area contributed by atoms with Gasteiger partial charge < -0.3 is 20.6 Å². The molecule has 0 aromatic carbocycles. The van der Waals surface area contributed by atoms with Gasteiger partial charge in [-0.15, -0.1) is 13.1 Å². The average molecular weight is 503 g/mol. The third kappa shape index (κ3) is 12.5. The fraction of sp³-hybridized carbons (Fsp3) is 0.786. The molecule has 1 rings (SSSR count). The Morgan fingerprint density at radius 2 is 0.920 bits per heavy atom. The molecule has 146 valence electrons. The summed E-state index contributed by atoms with van der Waals surface area (Å²) in [7, 11) is 0. The Labute approximate surface area is 178 Å². The van der Waals surface area contributed by atoms with Gasteiger partial charge in [0, 0.05) is 66.1 Å². The molecule has 0 unspecified atom stereocenters. The number of nitrogens with zero attached hydrogens (tertiary/aromatic N) is 4. The van der Waals surface area contributed by atoms with E-state index in [9.17, 15) is 14.4 Å². The molecule has 0 aliphatic carbocycles. The van der Waals surface area contributed by atoms with E-state index in [0.717, 1.165) is 0 Å². The molecule has 1 aliphatic rings. The fourth-order valence-corrected chi connectivity index (χ4v) is 2.49. The van der Waals surface area contributed by atoms with Gasteiger partial charge in [-0.3, -0.25) is 29.1 Å². The maximum absolute atomic E-state index is 11.0. The van der Waals surface area contributed by atoms with E-state index in [1.54, 1.807) is 14.7 Å². The summed E-state index contributed by atoms with van der Waals surface area (Å²) in [6.45, 7) is 3.16. The van der Waals surface area contributed by atoms with E-state index in [1.165, 1.54) is 0 Å². The second-order valence-corrected chi connectivity index (χ2v) is 5.68. The summed E-state index contributed by atoms with van der Waals surface area (Å²) in [5, 5.41) is 31.2. The molecule has 0 spiro atoms. The number of aliphatic carboxylic acids is 3. The van der Waals surface area contributed by atoms with Crippen molar-refractivity contribution in [2.24, 2.45) is 0 Å². The van der Waals surface area contributed by atoms with E-state index in [2.05, 4.69) is 5.32 Å². The first-order chi connectivity index (χ1) is 11.4. The quantitative estimate of drug-likeness (QED) is 0.398. The van der Waals surface area contributed by atoms with Crippen molar-refractivity contribution in [2.45, 2.75) is 0 Å². The average Bonchev–Trinajstić information content (AvgIpc) is 2.45. The van der Waals surface area contributed by atoms with Crippen molar-refractivity contribution in [1.29, 1.82) is 0 Å². The van der Waals surface area contributed by atoms with E-state index in [0.29, 0.717) is 52.4 Å². The Morgan fingerprint density at radius 3 is 1.20 bits per heavy atom. The second-order valence-electron chi connectivity index (χ2n) is 5.68. The van der Waals surface area contributed by atoms with E-state index in [-0.39, 0.29) is 59.6 Å². The summed E-state index contributed by atoms with van der Waals surface area (Å²) in [5.74, 6) is -2.83. The molecule has 0 bridgehead atoms. The number of hydrogen-bond donors (Lipinski definition) is 3. The fourth-order valence-electron chi connectivity index (χ4n) is 2.49. The predicted octanol–water partition coefficient (Wildman–Crippen LogP) is -1.47. The predicted molar refractivity (Wildman–Crippen MR) is 85.3 cm³/mol. The van der Waals surface area contributed by atoms with Crippen LogP contribution in [-0.4, -0.2) is 120 Å². The van der Waals surface area contributed by atoms with Gasteiger partial charge in [0.25, 0.3) is 0 Å². The summed E-state index contributed by atoms with van der Waals surface area (Å²) in [5.41, 5.74) is 0. The van der Waals surface area contributed by atoms with Crippen molar-refractivity contribution < 1.29 is 69.6 Å². The summed E-state index contributed by atoms with van der Waals surface area (Å²) in [4.78, 5) is 38.0. The van der Waals surface area contributed by atoms with Crippen LogP contribution in [0.1, 0.15) is 0 Å². The summed E-state index contributed by atoms with van der Waals surface area (Å²) < 4.78 is 0. The molecule has 1 saturated heterocycles. The molecule has 3 N–H and O–H groups in total. The molecule has 25 heavy (non-hydrogen) atoms. The van der Waals surface area contributed by atoms with Gasteiger partial charge in [0.15, 0.2) is 0 Å². The zero-order valence-electron chi connectivity index (χ0n) is 14.0. The first-order valence-electron chi connectivity index (χ1n) is 7.82. The molecule has 0 atom stereocenters. The summed E-state index contributed by atoms with van der Waals surface area (Å²) >= 11 is 0. The number of carboxylic acid groups (broad SMARTS) is 3. The zero-order chi connectivity index (χ0) is 17.9. The zero-order valence-corrected chi connectivity index (χ0v) is 16.3. The molecule has 0 amide bonds. The maximum Gasteiger partial charge on any atom is 0.317 e. The van der Waals surface area contributed by atoms with Crippen molar-refractivity contribution >= 4 is 17.9 Å². The van der Waals surface area contributed by atoms with Gasteiger partial charge in [0.1, 0.15) is 0 Å². The molecule has 0 saturated carbocycles. The first kappa shape index (κ1) is 24.6. The number of carboxylic acids is 3. The third-order valence-electron chi connectivity index (χ3n) is 3.69. The Bertz CT molecular complexity index is 410. The van der Waals surface area contributed by atoms with Crippen molar-refractivity contribution in [3.8, 4) is 0 Å². The molecule has 1 fully saturated rings. The smallest absolute Gasteiger partial charge is 0.317 e. The van der Waals surface area contributed by atoms with Gasteiger partial charge in [-0.25, -0.2) is 0 Å². The third-order valence-corrected chi connectivity index (χ3v) is 3.69. The standard InChI is InChI=1S/C14H25N4O6.Gd/c19-12(20)9-16-3-1-15-2-4-17(10-13(21)22)6-8-18(7-5-16)11-14(23)24;/h1-11H2,(H,19,20)(H,21,22)(H,23,24);/q-1;. The number of carbonyl (C=O) groups is 3. The van der Waals surface area contributed by atoms with Crippen molar-refractivity contribution in [1.82, 2.24) is 14.7 Å². The van der Waals surface area contributed by atoms with Gasteiger partial charge in [0.05, 0.1) is 19.6 Å². The Morgan fingerprint density at radius 1 is 0.640 bits per heavy atom. The van der Waals surface area contributed by atoms with Gasteiger partial charge in [-0.2, -0.15) is 0 Å². The van der Waals surface area contributed by atoms with Crippen LogP contribution in [0.25, 0.3) is 5.32 Å². The Hall–Kier alpha value is -0.425. The molecule has 11 heteroatoms. The topological polar surface area (TPSA) is 136 Å². The van der Waals surface area contributed by atoms with Gasteiger partial charge >= 0.3 is 17.9 Å². The molecule has 0 aromatic heterocycles. The largest absolute Gasteiger partial charge is 0.660 e. The van der Waals surface area contributed by atoms with Crippen LogP contribution in [0.3, 0.4) is 0 Å². The maximum atomic E-state index is 11.0. The minimum Gasteiger partial charge on any atom is -0.660 e. The second kappa shape index (κ2) is 13.7. The minimum atomic E-state index is -0.966. The van der Waals surface area contributed by atoms with E-state index in [4.69, 9.17) is 15.3 Å². The molecule has 1 aliphatic heterocycles. The Balaban J connectivity index is 0.00000576. The van der Waals surface area contributed by atoms with Crippen molar-refractivity contribution in [2.75, 3.05) is 72.0 Å². The van der Waals surface area contributed by atoms with Crippen molar-refractivity contribution in [3.05, 3.63) is 5.32 Å². The van der Waals surface area contributed by atoms with Gasteiger partial charge in [0.2, 0.25) is 0 Å². The first-order valence-corrected chi connectivity index (χ1v) is 7.82. The van der Waals surface area contributed by atoms with Crippen LogP contribution in [0.5, 0.6) is 0 Å². The summed E-state index contributed by atoms with van der Waals surface area (Å²) in [6.07, 6.45) is 0. The molecule has 0 radical (unpaired) electrons. The van der Waals surface area contributed by atoms with E-state index < -0.39 is 17.9 Å². The normalized spacial score (nSPS) is 19.2. The van der Waals surface area contributed by atoms with Crippen LogP contribution < -0.4 is 0 Å². The number of hydrogen-bond acceptors (Lipinski definition) is 6. The monoisotopic (exact) mass is 503 g/mol.